The Kier molecular flexibility index (Phi) is 6.97. The molecular weight excluding hydrogens is 330 g/mol. The topological polar surface area (TPSA) is 66.8 Å². The van der Waals surface area contributed by atoms with Crippen LogP contribution in [0.3, 0.4) is 0 Å². The Hall–Kier alpha value is -3.08. The fourth-order valence-electron chi connectivity index (χ4n) is 2.32. The molecule has 0 aliphatic heterocycles. The second kappa shape index (κ2) is 9.42. The van der Waals surface area contributed by atoms with Crippen molar-refractivity contribution < 1.29 is 19.4 Å². The molecule has 0 saturated heterocycles. The zero-order valence-electron chi connectivity index (χ0n) is 15.0. The number of likely N-dealkylation sites (N-methyl/N-ethyl adjacent to an activating group) is 1. The molecule has 0 aromatic heterocycles. The van der Waals surface area contributed by atoms with Crippen LogP contribution in [0.4, 0.5) is 0 Å². The van der Waals surface area contributed by atoms with E-state index in [0.29, 0.717) is 6.61 Å². The maximum absolute atomic E-state index is 12.1. The second-order valence-electron chi connectivity index (χ2n) is 6.14. The normalized spacial score (nSPS) is 11.9. The minimum Gasteiger partial charge on any atom is -0.489 e. The molecule has 0 heterocycles. The number of carboxylic acid groups (broad SMARTS) is 1. The molecule has 1 N–H and O–H groups in total. The lowest BCUT2D eigenvalue weighted by Gasteiger charge is -2.17. The van der Waals surface area contributed by atoms with Gasteiger partial charge in [0.25, 0.3) is 0 Å². The SMILES string of the molecule is CC(CN(C)C(=O)/C=C/c1cccc(OCc2ccccc2)c1)C(=O)O. The molecule has 1 atom stereocenters. The van der Waals surface area contributed by atoms with Crippen LogP contribution in [0.2, 0.25) is 0 Å². The highest BCUT2D eigenvalue weighted by Gasteiger charge is 2.15. The van der Waals surface area contributed by atoms with E-state index in [-0.39, 0.29) is 12.5 Å². The van der Waals surface area contributed by atoms with E-state index < -0.39 is 11.9 Å². The maximum atomic E-state index is 12.1. The Morgan fingerprint density at radius 1 is 1.15 bits per heavy atom. The lowest BCUT2D eigenvalue weighted by atomic mass is 10.1. The van der Waals surface area contributed by atoms with Crippen molar-refractivity contribution in [3.8, 4) is 5.75 Å². The van der Waals surface area contributed by atoms with Crippen LogP contribution in [-0.2, 0) is 16.2 Å². The summed E-state index contributed by atoms with van der Waals surface area (Å²) >= 11 is 0. The van der Waals surface area contributed by atoms with Crippen LogP contribution in [0.1, 0.15) is 18.1 Å². The number of carboxylic acids is 1. The molecular formula is C21H23NO4. The molecule has 2 aromatic rings. The van der Waals surface area contributed by atoms with Crippen LogP contribution in [-0.4, -0.2) is 35.5 Å². The highest BCUT2D eigenvalue weighted by Crippen LogP contribution is 2.16. The van der Waals surface area contributed by atoms with Crippen molar-refractivity contribution in [2.75, 3.05) is 13.6 Å². The average molecular weight is 353 g/mol. The number of carbonyl (C=O) groups excluding carboxylic acids is 1. The van der Waals surface area contributed by atoms with Crippen LogP contribution >= 0.6 is 0 Å². The molecule has 2 aromatic carbocycles. The number of aliphatic carboxylic acids is 1. The summed E-state index contributed by atoms with van der Waals surface area (Å²) in [5, 5.41) is 8.91. The fourth-order valence-corrected chi connectivity index (χ4v) is 2.32. The molecule has 5 heteroatoms. The largest absolute Gasteiger partial charge is 0.489 e. The number of ether oxygens (including phenoxy) is 1. The van der Waals surface area contributed by atoms with Crippen molar-refractivity contribution in [1.29, 1.82) is 0 Å². The molecule has 1 unspecified atom stereocenters. The van der Waals surface area contributed by atoms with E-state index in [1.165, 1.54) is 11.0 Å². The molecule has 5 nitrogen and oxygen atoms in total. The molecule has 26 heavy (non-hydrogen) atoms. The molecule has 0 bridgehead atoms. The van der Waals surface area contributed by atoms with Gasteiger partial charge >= 0.3 is 5.97 Å². The molecule has 0 saturated carbocycles. The van der Waals surface area contributed by atoms with Crippen molar-refractivity contribution in [2.45, 2.75) is 13.5 Å². The Balaban J connectivity index is 1.93. The minimum atomic E-state index is -0.920. The van der Waals surface area contributed by atoms with E-state index in [1.54, 1.807) is 20.0 Å². The van der Waals surface area contributed by atoms with Gasteiger partial charge in [-0.2, -0.15) is 0 Å². The van der Waals surface area contributed by atoms with Gasteiger partial charge in [-0.25, -0.2) is 0 Å². The summed E-state index contributed by atoms with van der Waals surface area (Å²) < 4.78 is 5.77. The number of carbonyl (C=O) groups is 2. The van der Waals surface area contributed by atoms with Crippen molar-refractivity contribution >= 4 is 18.0 Å². The first kappa shape index (κ1) is 19.2. The van der Waals surface area contributed by atoms with E-state index in [2.05, 4.69) is 0 Å². The highest BCUT2D eigenvalue weighted by atomic mass is 16.5. The van der Waals surface area contributed by atoms with Crippen molar-refractivity contribution in [1.82, 2.24) is 4.90 Å². The van der Waals surface area contributed by atoms with E-state index in [0.717, 1.165) is 16.9 Å². The first-order valence-electron chi connectivity index (χ1n) is 8.38. The lowest BCUT2D eigenvalue weighted by Crippen LogP contribution is -2.32. The average Bonchev–Trinajstić information content (AvgIpc) is 2.65. The van der Waals surface area contributed by atoms with Crippen LogP contribution in [0, 0.1) is 5.92 Å². The third kappa shape index (κ3) is 6.09. The van der Waals surface area contributed by atoms with Crippen molar-refractivity contribution in [2.24, 2.45) is 5.92 Å². The number of hydrogen-bond donors (Lipinski definition) is 1. The second-order valence-corrected chi connectivity index (χ2v) is 6.14. The predicted octanol–water partition coefficient (Wildman–Crippen LogP) is 3.46. The lowest BCUT2D eigenvalue weighted by molar-refractivity contribution is -0.142. The van der Waals surface area contributed by atoms with E-state index in [9.17, 15) is 9.59 Å². The molecule has 2 rings (SSSR count). The summed E-state index contributed by atoms with van der Waals surface area (Å²) in [6.07, 6.45) is 3.13. The third-order valence-electron chi connectivity index (χ3n) is 3.87. The van der Waals surface area contributed by atoms with Crippen LogP contribution < -0.4 is 4.74 Å². The zero-order valence-corrected chi connectivity index (χ0v) is 15.0. The van der Waals surface area contributed by atoms with Gasteiger partial charge in [-0.05, 0) is 29.3 Å². The number of benzene rings is 2. The predicted molar refractivity (Wildman–Crippen MR) is 101 cm³/mol. The zero-order chi connectivity index (χ0) is 18.9. The highest BCUT2D eigenvalue weighted by molar-refractivity contribution is 5.91. The Bertz CT molecular complexity index is 771. The molecule has 0 radical (unpaired) electrons. The van der Waals surface area contributed by atoms with Gasteiger partial charge in [0.1, 0.15) is 12.4 Å². The smallest absolute Gasteiger partial charge is 0.308 e. The van der Waals surface area contributed by atoms with Gasteiger partial charge in [0.15, 0.2) is 0 Å². The van der Waals surface area contributed by atoms with Gasteiger partial charge in [-0.1, -0.05) is 49.4 Å². The molecule has 1 amide bonds. The van der Waals surface area contributed by atoms with Gasteiger partial charge in [0, 0.05) is 19.7 Å². The molecule has 136 valence electrons. The van der Waals surface area contributed by atoms with Gasteiger partial charge < -0.3 is 14.7 Å². The number of hydrogen-bond acceptors (Lipinski definition) is 3. The number of rotatable bonds is 8. The summed E-state index contributed by atoms with van der Waals surface area (Å²) in [6.45, 7) is 2.21. The molecule has 0 aliphatic rings. The first-order chi connectivity index (χ1) is 12.5. The summed E-state index contributed by atoms with van der Waals surface area (Å²) in [7, 11) is 1.59. The first-order valence-corrected chi connectivity index (χ1v) is 8.38. The summed E-state index contributed by atoms with van der Waals surface area (Å²) in [4.78, 5) is 24.3. The van der Waals surface area contributed by atoms with E-state index in [1.807, 2.05) is 54.6 Å². The Morgan fingerprint density at radius 2 is 1.88 bits per heavy atom. The third-order valence-corrected chi connectivity index (χ3v) is 3.87. The van der Waals surface area contributed by atoms with Crippen LogP contribution in [0.25, 0.3) is 6.08 Å². The van der Waals surface area contributed by atoms with Crippen molar-refractivity contribution in [3.63, 3.8) is 0 Å². The van der Waals surface area contributed by atoms with E-state index >= 15 is 0 Å². The summed E-state index contributed by atoms with van der Waals surface area (Å²) in [5.41, 5.74) is 1.92. The monoisotopic (exact) mass is 353 g/mol. The fraction of sp³-hybridized carbons (Fsp3) is 0.238. The minimum absolute atomic E-state index is 0.165. The van der Waals surface area contributed by atoms with Gasteiger partial charge in [-0.3, -0.25) is 9.59 Å². The number of amides is 1. The molecule has 0 fully saturated rings. The summed E-state index contributed by atoms with van der Waals surface area (Å²) in [6, 6.07) is 17.3. The number of nitrogens with zero attached hydrogens (tertiary/aromatic N) is 1. The van der Waals surface area contributed by atoms with Crippen LogP contribution in [0.15, 0.2) is 60.7 Å². The molecule has 0 spiro atoms. The van der Waals surface area contributed by atoms with Gasteiger partial charge in [0.2, 0.25) is 5.91 Å². The van der Waals surface area contributed by atoms with E-state index in [4.69, 9.17) is 9.84 Å². The summed E-state index contributed by atoms with van der Waals surface area (Å²) in [5.74, 6) is -1.05. The quantitative estimate of drug-likeness (QED) is 0.738. The molecule has 0 aliphatic carbocycles. The standard InChI is InChI=1S/C21H23NO4/c1-16(21(24)25)14-22(2)20(23)12-11-17-9-6-10-19(13-17)26-15-18-7-4-3-5-8-18/h3-13,16H,14-15H2,1-2H3,(H,24,25)/b12-11+. The maximum Gasteiger partial charge on any atom is 0.308 e. The van der Waals surface area contributed by atoms with Gasteiger partial charge in [0.05, 0.1) is 5.92 Å². The Labute approximate surface area is 153 Å². The van der Waals surface area contributed by atoms with Crippen LogP contribution in [0.5, 0.6) is 5.75 Å². The Morgan fingerprint density at radius 3 is 2.58 bits per heavy atom. The van der Waals surface area contributed by atoms with Crippen molar-refractivity contribution in [3.05, 3.63) is 71.8 Å². The van der Waals surface area contributed by atoms with Gasteiger partial charge in [-0.15, -0.1) is 0 Å².